The first-order valence-electron chi connectivity index (χ1n) is 8.01. The van der Waals surface area contributed by atoms with Crippen molar-refractivity contribution in [2.24, 2.45) is 0 Å². The second-order valence-corrected chi connectivity index (χ2v) is 6.27. The molecule has 0 unspecified atom stereocenters. The van der Waals surface area contributed by atoms with Crippen LogP contribution in [-0.4, -0.2) is 32.4 Å². The summed E-state index contributed by atoms with van der Waals surface area (Å²) in [6.45, 7) is -1.70. The number of aromatic nitrogens is 4. The summed E-state index contributed by atoms with van der Waals surface area (Å²) in [6.07, 6.45) is -3.28. The standard InChI is InChI=1S/C16H10F6N4O2/c17-8-3-7(4-9(18)11(8)19)10-12(6-1-2-6)25-26-13(10)23-14(24-15(26)27)28-5-16(20,21)22/h3-4,6H,1-2,5H2,(H,23,24,27). The molecule has 2 heterocycles. The van der Waals surface area contributed by atoms with Crippen LogP contribution in [0, 0.1) is 17.5 Å². The second kappa shape index (κ2) is 6.24. The summed E-state index contributed by atoms with van der Waals surface area (Å²) < 4.78 is 83.1. The molecule has 12 heteroatoms. The van der Waals surface area contributed by atoms with Crippen LogP contribution in [0.4, 0.5) is 26.3 Å². The number of nitrogens with zero attached hydrogens (tertiary/aromatic N) is 3. The molecule has 0 radical (unpaired) electrons. The van der Waals surface area contributed by atoms with Crippen LogP contribution >= 0.6 is 0 Å². The van der Waals surface area contributed by atoms with Gasteiger partial charge in [0.1, 0.15) is 0 Å². The molecule has 1 aromatic carbocycles. The molecule has 3 aromatic rings. The van der Waals surface area contributed by atoms with Gasteiger partial charge in [-0.2, -0.15) is 27.8 Å². The largest absolute Gasteiger partial charge is 0.455 e. The first-order valence-corrected chi connectivity index (χ1v) is 8.01. The smallest absolute Gasteiger partial charge is 0.422 e. The Morgan fingerprint density at radius 1 is 1.18 bits per heavy atom. The Morgan fingerprint density at radius 2 is 1.82 bits per heavy atom. The van der Waals surface area contributed by atoms with Gasteiger partial charge in [-0.3, -0.25) is 4.98 Å². The third-order valence-electron chi connectivity index (χ3n) is 4.11. The lowest BCUT2D eigenvalue weighted by Crippen LogP contribution is -2.24. The molecule has 28 heavy (non-hydrogen) atoms. The molecular weight excluding hydrogens is 394 g/mol. The number of alkyl halides is 3. The van der Waals surface area contributed by atoms with Crippen LogP contribution in [0.2, 0.25) is 0 Å². The van der Waals surface area contributed by atoms with Crippen molar-refractivity contribution in [1.82, 2.24) is 19.6 Å². The highest BCUT2D eigenvalue weighted by atomic mass is 19.4. The Morgan fingerprint density at radius 3 is 2.39 bits per heavy atom. The van der Waals surface area contributed by atoms with E-state index in [1.54, 1.807) is 0 Å². The van der Waals surface area contributed by atoms with Gasteiger partial charge < -0.3 is 4.74 Å². The summed E-state index contributed by atoms with van der Waals surface area (Å²) in [5, 5.41) is 4.08. The molecular formula is C16H10F6N4O2. The second-order valence-electron chi connectivity index (χ2n) is 6.27. The van der Waals surface area contributed by atoms with Crippen molar-refractivity contribution in [2.75, 3.05) is 6.61 Å². The number of halogens is 6. The summed E-state index contributed by atoms with van der Waals surface area (Å²) >= 11 is 0. The van der Waals surface area contributed by atoms with E-state index in [-0.39, 0.29) is 28.4 Å². The molecule has 0 bridgehead atoms. The Balaban J connectivity index is 1.92. The Bertz CT molecular complexity index is 1110. The van der Waals surface area contributed by atoms with Gasteiger partial charge in [0.2, 0.25) is 0 Å². The minimum Gasteiger partial charge on any atom is -0.455 e. The molecule has 6 nitrogen and oxygen atoms in total. The van der Waals surface area contributed by atoms with E-state index in [2.05, 4.69) is 14.8 Å². The average Bonchev–Trinajstić information content (AvgIpc) is 3.37. The molecule has 0 spiro atoms. The number of fused-ring (bicyclic) bond motifs is 1. The highest BCUT2D eigenvalue weighted by Crippen LogP contribution is 2.45. The molecule has 1 N–H and O–H groups in total. The number of nitrogens with one attached hydrogen (secondary N) is 1. The summed E-state index contributed by atoms with van der Waals surface area (Å²) in [7, 11) is 0. The zero-order valence-corrected chi connectivity index (χ0v) is 13.8. The molecule has 0 aliphatic heterocycles. The maximum atomic E-state index is 13.7. The van der Waals surface area contributed by atoms with Crippen LogP contribution in [0.3, 0.4) is 0 Å². The van der Waals surface area contributed by atoms with Gasteiger partial charge >= 0.3 is 11.9 Å². The third kappa shape index (κ3) is 3.29. The molecule has 0 atom stereocenters. The minimum absolute atomic E-state index is 0.0308. The van der Waals surface area contributed by atoms with E-state index in [9.17, 15) is 31.1 Å². The van der Waals surface area contributed by atoms with Gasteiger partial charge in [0.15, 0.2) is 29.7 Å². The van der Waals surface area contributed by atoms with E-state index < -0.39 is 41.9 Å². The first kappa shape index (κ1) is 18.3. The van der Waals surface area contributed by atoms with Crippen LogP contribution in [0.25, 0.3) is 16.8 Å². The highest BCUT2D eigenvalue weighted by Gasteiger charge is 2.33. The van der Waals surface area contributed by atoms with E-state index in [4.69, 9.17) is 0 Å². The molecule has 1 aliphatic carbocycles. The van der Waals surface area contributed by atoms with Gasteiger partial charge in [0, 0.05) is 5.92 Å². The molecule has 1 saturated carbocycles. The Kier molecular flexibility index (Phi) is 4.08. The van der Waals surface area contributed by atoms with Crippen LogP contribution in [0.15, 0.2) is 16.9 Å². The van der Waals surface area contributed by atoms with E-state index in [0.29, 0.717) is 25.0 Å². The van der Waals surface area contributed by atoms with Crippen LogP contribution in [0.1, 0.15) is 24.5 Å². The number of aromatic amines is 1. The molecule has 1 aliphatic rings. The summed E-state index contributed by atoms with van der Waals surface area (Å²) in [4.78, 5) is 18.0. The summed E-state index contributed by atoms with van der Waals surface area (Å²) in [5.74, 6) is -4.72. The molecule has 2 aromatic heterocycles. The third-order valence-corrected chi connectivity index (χ3v) is 4.11. The van der Waals surface area contributed by atoms with Crippen LogP contribution in [0.5, 0.6) is 6.01 Å². The Labute approximate surface area is 151 Å². The predicted octanol–water partition coefficient (Wildman–Crippen LogP) is 3.32. The van der Waals surface area contributed by atoms with Gasteiger partial charge in [-0.1, -0.05) is 0 Å². The van der Waals surface area contributed by atoms with Crippen molar-refractivity contribution in [3.8, 4) is 17.1 Å². The van der Waals surface area contributed by atoms with Gasteiger partial charge in [-0.15, -0.1) is 0 Å². The van der Waals surface area contributed by atoms with E-state index in [1.165, 1.54) is 0 Å². The van der Waals surface area contributed by atoms with Crippen molar-refractivity contribution in [3.63, 3.8) is 0 Å². The lowest BCUT2D eigenvalue weighted by atomic mass is 10.0. The minimum atomic E-state index is -4.67. The number of H-pyrrole nitrogens is 1. The lowest BCUT2D eigenvalue weighted by Gasteiger charge is -2.08. The van der Waals surface area contributed by atoms with Crippen molar-refractivity contribution < 1.29 is 31.1 Å². The molecule has 148 valence electrons. The normalized spacial score (nSPS) is 14.6. The fourth-order valence-electron chi connectivity index (χ4n) is 2.78. The maximum Gasteiger partial charge on any atom is 0.422 e. The van der Waals surface area contributed by atoms with Gasteiger partial charge in [0.05, 0.1) is 11.3 Å². The van der Waals surface area contributed by atoms with Gasteiger partial charge in [0.25, 0.3) is 6.01 Å². The average molecular weight is 404 g/mol. The number of hydrogen-bond acceptors (Lipinski definition) is 4. The van der Waals surface area contributed by atoms with Gasteiger partial charge in [-0.25, -0.2) is 18.0 Å². The topological polar surface area (TPSA) is 72.3 Å². The van der Waals surface area contributed by atoms with E-state index in [0.717, 1.165) is 4.52 Å². The first-order chi connectivity index (χ1) is 13.1. The fraction of sp³-hybridized carbons (Fsp3) is 0.312. The highest BCUT2D eigenvalue weighted by molar-refractivity contribution is 5.80. The zero-order valence-electron chi connectivity index (χ0n) is 13.8. The summed E-state index contributed by atoms with van der Waals surface area (Å²) in [5.41, 5.74) is -1.03. The SMILES string of the molecule is O=c1[nH]c(OCC(F)(F)F)nc2c(-c3cc(F)c(F)c(F)c3)c(C3CC3)nn12. The molecule has 1 fully saturated rings. The number of ether oxygens (including phenoxy) is 1. The zero-order chi connectivity index (χ0) is 20.2. The predicted molar refractivity (Wildman–Crippen MR) is 82.4 cm³/mol. The molecule has 4 rings (SSSR count). The molecule has 0 amide bonds. The number of hydrogen-bond donors (Lipinski definition) is 1. The van der Waals surface area contributed by atoms with Gasteiger partial charge in [-0.05, 0) is 30.5 Å². The number of benzene rings is 1. The number of rotatable bonds is 4. The van der Waals surface area contributed by atoms with Crippen molar-refractivity contribution in [3.05, 3.63) is 45.8 Å². The monoisotopic (exact) mass is 404 g/mol. The van der Waals surface area contributed by atoms with Crippen LogP contribution < -0.4 is 10.4 Å². The summed E-state index contributed by atoms with van der Waals surface area (Å²) in [6, 6.07) is 0.683. The van der Waals surface area contributed by atoms with E-state index in [1.807, 2.05) is 4.98 Å². The Hall–Kier alpha value is -3.05. The van der Waals surface area contributed by atoms with Crippen LogP contribution in [-0.2, 0) is 0 Å². The van der Waals surface area contributed by atoms with Crippen molar-refractivity contribution in [2.45, 2.75) is 24.9 Å². The maximum absolute atomic E-state index is 13.7. The quantitative estimate of drug-likeness (QED) is 0.535. The fourth-order valence-corrected chi connectivity index (χ4v) is 2.78. The van der Waals surface area contributed by atoms with Crippen molar-refractivity contribution in [1.29, 1.82) is 0 Å². The molecule has 0 saturated heterocycles. The van der Waals surface area contributed by atoms with E-state index >= 15 is 0 Å². The van der Waals surface area contributed by atoms with Crippen molar-refractivity contribution >= 4 is 5.65 Å². The lowest BCUT2D eigenvalue weighted by molar-refractivity contribution is -0.154.